The predicted octanol–water partition coefficient (Wildman–Crippen LogP) is 6.61. The van der Waals surface area contributed by atoms with E-state index in [4.69, 9.17) is 14.9 Å². The van der Waals surface area contributed by atoms with Crippen molar-refractivity contribution < 1.29 is 20.8 Å². The van der Waals surface area contributed by atoms with Gasteiger partial charge in [0, 0.05) is 0 Å². The van der Waals surface area contributed by atoms with E-state index >= 15 is 0 Å². The molecule has 1 aliphatic carbocycles. The number of allylic oxidation sites excluding steroid dienone is 4. The van der Waals surface area contributed by atoms with Crippen LogP contribution in [0.5, 0.6) is 5.75 Å². The molecule has 0 aliphatic heterocycles. The van der Waals surface area contributed by atoms with Crippen molar-refractivity contribution in [3.8, 4) is 5.75 Å². The number of halogens is 3. The quantitative estimate of drug-likeness (QED) is 0.477. The standard InChI is InChI=1S/C10H13ClO.C6H7.C2H7Si.2ClH.Ti/c1-10(2,3)7-4-8(11)6-9(12)5-7;1-6-4-2-3-5-6;1-3-2;;;/h4-6,12H,1-3H3;2,4H,3H2,1H3;3H,1-2H3;2*1H;/q;;;;;+1/p-1. The topological polar surface area (TPSA) is 9.23 Å². The molecule has 6 heteroatoms. The van der Waals surface area contributed by atoms with E-state index in [1.165, 1.54) is 11.1 Å². The minimum Gasteiger partial charge on any atom is -0.147 e. The maximum atomic E-state index is 6.59. The molecular formula is C18H28Cl3OSiTi. The van der Waals surface area contributed by atoms with Gasteiger partial charge in [0.25, 0.3) is 0 Å². The molecule has 0 fully saturated rings. The first-order valence-electron chi connectivity index (χ1n) is 7.91. The van der Waals surface area contributed by atoms with Crippen LogP contribution in [0.15, 0.2) is 39.8 Å². The van der Waals surface area contributed by atoms with Crippen LogP contribution in [0.2, 0.25) is 18.1 Å². The summed E-state index contributed by atoms with van der Waals surface area (Å²) in [5.41, 5.74) is 2.77. The van der Waals surface area contributed by atoms with Crippen molar-refractivity contribution in [2.75, 3.05) is 0 Å². The molecule has 0 spiro atoms. The molecule has 0 saturated carbocycles. The van der Waals surface area contributed by atoms with E-state index in [1.807, 2.05) is 6.07 Å². The number of hydrogen-bond acceptors (Lipinski definition) is 1. The second kappa shape index (κ2) is 9.85. The summed E-state index contributed by atoms with van der Waals surface area (Å²) in [5.74, 6) is 0.973. The summed E-state index contributed by atoms with van der Waals surface area (Å²) in [6.45, 7) is 12.9. The monoisotopic (exact) mass is 441 g/mol. The molecule has 0 bridgehead atoms. The molecule has 0 N–H and O–H groups in total. The van der Waals surface area contributed by atoms with Crippen molar-refractivity contribution in [3.05, 3.63) is 50.4 Å². The second-order valence-corrected chi connectivity index (χ2v) is 20.0. The summed E-state index contributed by atoms with van der Waals surface area (Å²) in [4.78, 5) is 0. The van der Waals surface area contributed by atoms with Gasteiger partial charge in [-0.3, -0.25) is 0 Å². The first-order chi connectivity index (χ1) is 10.2. The van der Waals surface area contributed by atoms with Gasteiger partial charge >= 0.3 is 148 Å². The van der Waals surface area contributed by atoms with E-state index in [0.717, 1.165) is 17.2 Å². The third kappa shape index (κ3) is 6.23. The number of hydrogen-bond donors (Lipinski definition) is 0. The Labute approximate surface area is 171 Å². The van der Waals surface area contributed by atoms with E-state index in [0.29, 0.717) is 0 Å². The smallest absolute Gasteiger partial charge is 0.147 e. The van der Waals surface area contributed by atoms with Crippen molar-refractivity contribution in [3.63, 3.8) is 0 Å². The van der Waals surface area contributed by atoms with Gasteiger partial charge in [-0.1, -0.05) is 0 Å². The van der Waals surface area contributed by atoms with Crippen LogP contribution in [0.4, 0.5) is 0 Å². The molecular weight excluding hydrogens is 415 g/mol. The molecule has 0 aromatic heterocycles. The average Bonchev–Trinajstić information content (AvgIpc) is 2.80. The van der Waals surface area contributed by atoms with Crippen LogP contribution in [0.25, 0.3) is 0 Å². The van der Waals surface area contributed by atoms with Crippen LogP contribution in [-0.2, 0) is 22.9 Å². The summed E-state index contributed by atoms with van der Waals surface area (Å²) < 4.78 is 8.20. The van der Waals surface area contributed by atoms with Gasteiger partial charge in [-0.25, -0.2) is 0 Å². The molecule has 0 amide bonds. The largest absolute Gasteiger partial charge is 0.147 e. The van der Waals surface area contributed by atoms with Crippen molar-refractivity contribution in [2.24, 2.45) is 0 Å². The Balaban J connectivity index is 0.00000264. The molecule has 0 heterocycles. The summed E-state index contributed by atoms with van der Waals surface area (Å²) in [6.07, 6.45) is 5.62. The Bertz CT molecular complexity index is 621. The summed E-state index contributed by atoms with van der Waals surface area (Å²) in [5, 5.41) is 0.778. The van der Waals surface area contributed by atoms with Gasteiger partial charge in [-0.15, -0.1) is 24.8 Å². The third-order valence-electron chi connectivity index (χ3n) is 3.95. The van der Waals surface area contributed by atoms with Crippen LogP contribution < -0.4 is 3.32 Å². The SMILES string of the molecule is CC1=[C]([Ti]([O]c2cc(Cl)cc(C(C)(C)C)c2)[SiH](C)C)CC=C1.Cl.Cl. The van der Waals surface area contributed by atoms with Crippen molar-refractivity contribution in [2.45, 2.75) is 52.6 Å². The van der Waals surface area contributed by atoms with Gasteiger partial charge < -0.3 is 0 Å². The van der Waals surface area contributed by atoms with Gasteiger partial charge in [0.2, 0.25) is 0 Å². The first-order valence-corrected chi connectivity index (χ1v) is 15.3. The summed E-state index contributed by atoms with van der Waals surface area (Å²) in [7, 11) is 0. The third-order valence-corrected chi connectivity index (χ3v) is 14.6. The molecule has 2 rings (SSSR count). The maximum absolute atomic E-state index is 6.59. The maximum Gasteiger partial charge on any atom is -0.147 e. The normalized spacial score (nSPS) is 13.7. The second-order valence-electron chi connectivity index (χ2n) is 7.31. The van der Waals surface area contributed by atoms with Crippen LogP contribution in [-0.4, -0.2) is 6.66 Å². The fraction of sp³-hybridized carbons (Fsp3) is 0.444. The Morgan fingerprint density at radius 1 is 1.12 bits per heavy atom. The zero-order valence-electron chi connectivity index (χ0n) is 15.3. The van der Waals surface area contributed by atoms with Gasteiger partial charge in [-0.05, 0) is 0 Å². The van der Waals surface area contributed by atoms with Crippen LogP contribution in [0.1, 0.15) is 39.7 Å². The Morgan fingerprint density at radius 2 is 1.75 bits per heavy atom. The molecule has 0 saturated heterocycles. The van der Waals surface area contributed by atoms with E-state index in [-0.39, 0.29) is 30.2 Å². The van der Waals surface area contributed by atoms with E-state index in [1.54, 1.807) is 3.88 Å². The molecule has 0 unspecified atom stereocenters. The van der Waals surface area contributed by atoms with Crippen molar-refractivity contribution in [1.82, 2.24) is 0 Å². The molecule has 1 aromatic rings. The van der Waals surface area contributed by atoms with Crippen LogP contribution in [0, 0.1) is 0 Å². The molecule has 1 nitrogen and oxygen atoms in total. The number of rotatable bonds is 4. The van der Waals surface area contributed by atoms with Gasteiger partial charge in [-0.2, -0.15) is 0 Å². The number of benzene rings is 1. The van der Waals surface area contributed by atoms with Crippen molar-refractivity contribution in [1.29, 1.82) is 0 Å². The minimum atomic E-state index is -1.66. The fourth-order valence-corrected chi connectivity index (χ4v) is 12.1. The molecule has 135 valence electrons. The molecule has 1 aromatic carbocycles. The molecule has 0 radical (unpaired) electrons. The van der Waals surface area contributed by atoms with E-state index in [2.05, 4.69) is 65.1 Å². The van der Waals surface area contributed by atoms with E-state index < -0.39 is 24.2 Å². The minimum absolute atomic E-state index is 0. The van der Waals surface area contributed by atoms with Crippen molar-refractivity contribution >= 4 is 43.1 Å². The average molecular weight is 443 g/mol. The van der Waals surface area contributed by atoms with Gasteiger partial charge in [0.05, 0.1) is 0 Å². The van der Waals surface area contributed by atoms with Crippen LogP contribution in [0.3, 0.4) is 0 Å². The van der Waals surface area contributed by atoms with Crippen LogP contribution >= 0.6 is 36.4 Å². The zero-order chi connectivity index (χ0) is 16.5. The summed E-state index contributed by atoms with van der Waals surface area (Å²) in [6, 6.07) is 6.23. The van der Waals surface area contributed by atoms with E-state index in [9.17, 15) is 0 Å². The molecule has 1 aliphatic rings. The van der Waals surface area contributed by atoms with Gasteiger partial charge in [0.15, 0.2) is 0 Å². The fourth-order valence-electron chi connectivity index (χ4n) is 2.62. The summed E-state index contributed by atoms with van der Waals surface area (Å²) >= 11 is 4.68. The predicted molar refractivity (Wildman–Crippen MR) is 111 cm³/mol. The Kier molecular flexibility index (Phi) is 9.97. The Hall–Kier alpha value is 0.301. The molecule has 0 atom stereocenters. The Morgan fingerprint density at radius 3 is 2.21 bits per heavy atom. The first kappa shape index (κ1) is 24.3. The zero-order valence-corrected chi connectivity index (χ0v) is 20.4. The van der Waals surface area contributed by atoms with Gasteiger partial charge in [0.1, 0.15) is 0 Å². The molecule has 24 heavy (non-hydrogen) atoms.